The van der Waals surface area contributed by atoms with Crippen molar-refractivity contribution >= 4 is 0 Å². The zero-order valence-electron chi connectivity index (χ0n) is 33.9. The average Bonchev–Trinajstić information content (AvgIpc) is 3.13. The Labute approximate surface area is 326 Å². The SMILES string of the molecule is CC1(COC2OC(CO)C(O)C(O)C2O)CCC2(C)C(O)CC3(C)C(=CCC4C5(C)CCC(OC6OC(CO)C(O)C(O)C6O)C(C)(C)C5CCC43C)C2C1. The highest BCUT2D eigenvalue weighted by Gasteiger charge is 2.69. The maximum Gasteiger partial charge on any atom is 0.186 e. The molecular formula is C42H70O13. The fraction of sp³-hybridized carbons (Fsp3) is 0.952. The first-order valence-corrected chi connectivity index (χ1v) is 20.9. The number of aliphatic hydroxyl groups excluding tert-OH is 9. The maximum absolute atomic E-state index is 12.2. The number of aliphatic hydroxyl groups is 9. The average molecular weight is 783 g/mol. The van der Waals surface area contributed by atoms with Gasteiger partial charge < -0.3 is 64.9 Å². The summed E-state index contributed by atoms with van der Waals surface area (Å²) < 4.78 is 24.1. The number of ether oxygens (including phenoxy) is 4. The molecule has 7 aliphatic rings. The first-order chi connectivity index (χ1) is 25.6. The summed E-state index contributed by atoms with van der Waals surface area (Å²) in [6, 6.07) is 0. The fourth-order valence-electron chi connectivity index (χ4n) is 13.7. The third kappa shape index (κ3) is 6.36. The van der Waals surface area contributed by atoms with E-state index in [0.717, 1.165) is 51.4 Å². The standard InChI is InChI=1S/C42H70O13/c1-37(2)25-10-13-41(6)26(40(25,5)12-11-28(37)55-36-34(51)32(49)30(47)24(19-44)54-36)9-8-21-22-16-38(3,14-15-39(22,4)27(45)17-42(21,41)7)20-52-35-33(50)31(48)29(46)23(18-43)53-35/h8,22-36,43-51H,9-20H2,1-7H3. The molecule has 0 bridgehead atoms. The van der Waals surface area contributed by atoms with Crippen LogP contribution in [0.5, 0.6) is 0 Å². The molecule has 2 heterocycles. The van der Waals surface area contributed by atoms with E-state index < -0.39 is 80.7 Å². The van der Waals surface area contributed by atoms with E-state index in [9.17, 15) is 46.0 Å². The van der Waals surface area contributed by atoms with Gasteiger partial charge in [0.05, 0.1) is 32.0 Å². The van der Waals surface area contributed by atoms with Crippen LogP contribution in [0.2, 0.25) is 0 Å². The Hall–Kier alpha value is -0.780. The lowest BCUT2D eigenvalue weighted by atomic mass is 9.33. The van der Waals surface area contributed by atoms with Crippen LogP contribution in [-0.4, -0.2) is 139 Å². The predicted molar refractivity (Wildman–Crippen MR) is 199 cm³/mol. The van der Waals surface area contributed by atoms with Crippen LogP contribution in [0.4, 0.5) is 0 Å². The van der Waals surface area contributed by atoms with Gasteiger partial charge in [-0.05, 0) is 103 Å². The smallest absolute Gasteiger partial charge is 0.186 e. The summed E-state index contributed by atoms with van der Waals surface area (Å²) in [4.78, 5) is 0. The highest BCUT2D eigenvalue weighted by molar-refractivity contribution is 5.34. The molecule has 20 unspecified atom stereocenters. The molecule has 4 saturated carbocycles. The monoisotopic (exact) mass is 782 g/mol. The molecule has 13 heteroatoms. The molecule has 2 aliphatic heterocycles. The lowest BCUT2D eigenvalue weighted by Gasteiger charge is -2.72. The highest BCUT2D eigenvalue weighted by atomic mass is 16.7. The summed E-state index contributed by atoms with van der Waals surface area (Å²) in [7, 11) is 0. The van der Waals surface area contributed by atoms with Gasteiger partial charge in [-0.25, -0.2) is 0 Å². The molecule has 7 rings (SSSR count). The van der Waals surface area contributed by atoms with E-state index >= 15 is 0 Å². The lowest BCUT2D eigenvalue weighted by molar-refractivity contribution is -0.330. The maximum atomic E-state index is 12.2. The van der Waals surface area contributed by atoms with E-state index in [1.165, 1.54) is 5.57 Å². The van der Waals surface area contributed by atoms with Crippen molar-refractivity contribution in [3.8, 4) is 0 Å². The summed E-state index contributed by atoms with van der Waals surface area (Å²) in [5.41, 5.74) is 0.132. The van der Waals surface area contributed by atoms with Gasteiger partial charge in [0.2, 0.25) is 0 Å². The molecular weight excluding hydrogens is 712 g/mol. The largest absolute Gasteiger partial charge is 0.394 e. The van der Waals surface area contributed by atoms with Crippen LogP contribution in [0, 0.1) is 50.2 Å². The Kier molecular flexibility index (Phi) is 11.1. The van der Waals surface area contributed by atoms with Crippen LogP contribution >= 0.6 is 0 Å². The van der Waals surface area contributed by atoms with Crippen LogP contribution in [0.3, 0.4) is 0 Å². The first kappa shape index (κ1) is 42.3. The molecule has 6 fully saturated rings. The zero-order chi connectivity index (χ0) is 40.3. The van der Waals surface area contributed by atoms with Crippen molar-refractivity contribution in [2.75, 3.05) is 19.8 Å². The Bertz CT molecular complexity index is 1440. The van der Waals surface area contributed by atoms with Gasteiger partial charge in [0.25, 0.3) is 0 Å². The van der Waals surface area contributed by atoms with Gasteiger partial charge in [0, 0.05) is 5.41 Å². The first-order valence-electron chi connectivity index (χ1n) is 20.9. The van der Waals surface area contributed by atoms with Crippen LogP contribution < -0.4 is 0 Å². The second-order valence-corrected chi connectivity index (χ2v) is 20.8. The highest BCUT2D eigenvalue weighted by Crippen LogP contribution is 2.76. The Balaban J connectivity index is 1.11. The van der Waals surface area contributed by atoms with Gasteiger partial charge in [0.15, 0.2) is 12.6 Å². The molecule has 0 radical (unpaired) electrons. The van der Waals surface area contributed by atoms with E-state index in [1.54, 1.807) is 0 Å². The molecule has 13 nitrogen and oxygen atoms in total. The van der Waals surface area contributed by atoms with Gasteiger partial charge in [-0.1, -0.05) is 60.1 Å². The normalized spacial score (nSPS) is 56.4. The summed E-state index contributed by atoms with van der Waals surface area (Å²) in [6.45, 7) is 15.5. The van der Waals surface area contributed by atoms with Gasteiger partial charge in [0.1, 0.15) is 48.8 Å². The Morgan fingerprint density at radius 1 is 0.655 bits per heavy atom. The number of fused-ring (bicyclic) bond motifs is 7. The summed E-state index contributed by atoms with van der Waals surface area (Å²) >= 11 is 0. The van der Waals surface area contributed by atoms with Crippen molar-refractivity contribution in [3.05, 3.63) is 11.6 Å². The van der Waals surface area contributed by atoms with Crippen LogP contribution in [0.1, 0.15) is 106 Å². The van der Waals surface area contributed by atoms with Gasteiger partial charge in [-0.15, -0.1) is 0 Å². The van der Waals surface area contributed by atoms with Gasteiger partial charge >= 0.3 is 0 Å². The third-order valence-corrected chi connectivity index (χ3v) is 17.5. The second kappa shape index (κ2) is 14.4. The van der Waals surface area contributed by atoms with Gasteiger partial charge in [-0.3, -0.25) is 0 Å². The fourth-order valence-corrected chi connectivity index (χ4v) is 13.7. The molecule has 55 heavy (non-hydrogen) atoms. The van der Waals surface area contributed by atoms with Crippen molar-refractivity contribution in [2.24, 2.45) is 50.2 Å². The minimum Gasteiger partial charge on any atom is -0.394 e. The van der Waals surface area contributed by atoms with E-state index in [1.807, 2.05) is 0 Å². The van der Waals surface area contributed by atoms with Crippen LogP contribution in [-0.2, 0) is 18.9 Å². The molecule has 0 aromatic carbocycles. The van der Waals surface area contributed by atoms with Crippen LogP contribution in [0.25, 0.3) is 0 Å². The van der Waals surface area contributed by atoms with Crippen molar-refractivity contribution in [2.45, 2.75) is 180 Å². The van der Waals surface area contributed by atoms with E-state index in [0.29, 0.717) is 12.3 Å². The van der Waals surface area contributed by atoms with Crippen molar-refractivity contribution in [3.63, 3.8) is 0 Å². The third-order valence-electron chi connectivity index (χ3n) is 17.5. The van der Waals surface area contributed by atoms with Crippen molar-refractivity contribution in [1.82, 2.24) is 0 Å². The molecule has 2 saturated heterocycles. The zero-order valence-corrected chi connectivity index (χ0v) is 33.9. The van der Waals surface area contributed by atoms with Crippen molar-refractivity contribution < 1.29 is 64.9 Å². The van der Waals surface area contributed by atoms with Gasteiger partial charge in [-0.2, -0.15) is 0 Å². The number of hydrogen-bond donors (Lipinski definition) is 9. The molecule has 5 aliphatic carbocycles. The summed E-state index contributed by atoms with van der Waals surface area (Å²) in [5, 5.41) is 94.5. The number of allylic oxidation sites excluding steroid dienone is 2. The van der Waals surface area contributed by atoms with Crippen molar-refractivity contribution in [1.29, 1.82) is 0 Å². The predicted octanol–water partition coefficient (Wildman–Crippen LogP) is 1.76. The summed E-state index contributed by atoms with van der Waals surface area (Å²) in [6.07, 6.45) is -3.82. The minimum absolute atomic E-state index is 0.0389. The Morgan fingerprint density at radius 3 is 1.87 bits per heavy atom. The van der Waals surface area contributed by atoms with E-state index in [2.05, 4.69) is 54.5 Å². The Morgan fingerprint density at radius 2 is 1.25 bits per heavy atom. The molecule has 0 amide bonds. The lowest BCUT2D eigenvalue weighted by Crippen LogP contribution is -2.67. The molecule has 20 atom stereocenters. The summed E-state index contributed by atoms with van der Waals surface area (Å²) in [5.74, 6) is 0.749. The quantitative estimate of drug-likeness (QED) is 0.133. The molecule has 316 valence electrons. The number of rotatable bonds is 7. The molecule has 0 aromatic heterocycles. The number of hydrogen-bond acceptors (Lipinski definition) is 13. The molecule has 0 aromatic rings. The topological polar surface area (TPSA) is 219 Å². The molecule has 0 spiro atoms. The minimum atomic E-state index is -1.50. The van der Waals surface area contributed by atoms with E-state index in [-0.39, 0.29) is 57.0 Å². The van der Waals surface area contributed by atoms with E-state index in [4.69, 9.17) is 18.9 Å². The van der Waals surface area contributed by atoms with Crippen LogP contribution in [0.15, 0.2) is 11.6 Å². The molecule has 9 N–H and O–H groups in total. The second-order valence-electron chi connectivity index (χ2n) is 20.8.